The van der Waals surface area contributed by atoms with Gasteiger partial charge in [0.15, 0.2) is 5.82 Å². The number of aliphatic imine (C=N–C) groups is 1. The molecule has 0 saturated heterocycles. The van der Waals surface area contributed by atoms with E-state index in [1.807, 2.05) is 18.5 Å². The van der Waals surface area contributed by atoms with Crippen molar-refractivity contribution >= 4 is 17.4 Å². The second-order valence-electron chi connectivity index (χ2n) is 2.13. The van der Waals surface area contributed by atoms with E-state index < -0.39 is 0 Å². The lowest BCUT2D eigenvalue weighted by molar-refractivity contribution is 0.776. The highest BCUT2D eigenvalue weighted by atomic mass is 32.1. The molecule has 58 valence electrons. The minimum atomic E-state index is 0.459. The van der Waals surface area contributed by atoms with Gasteiger partial charge in [-0.2, -0.15) is 0 Å². The first-order valence-corrected chi connectivity index (χ1v) is 3.55. The minimum Gasteiger partial charge on any atom is -0.317 e. The van der Waals surface area contributed by atoms with Crippen molar-refractivity contribution in [3.63, 3.8) is 0 Å². The number of hydrogen-bond donors (Lipinski definition) is 0. The van der Waals surface area contributed by atoms with Crippen LogP contribution in [0, 0.1) is 6.92 Å². The van der Waals surface area contributed by atoms with Gasteiger partial charge in [-0.05, 0) is 19.1 Å². The predicted octanol–water partition coefficient (Wildman–Crippen LogP) is 0.726. The highest BCUT2D eigenvalue weighted by Crippen LogP contribution is 1.97. The molecule has 0 aliphatic carbocycles. The van der Waals surface area contributed by atoms with Gasteiger partial charge in [-0.1, -0.05) is 0 Å². The fourth-order valence-electron chi connectivity index (χ4n) is 0.692. The Balaban J connectivity index is 2.86. The minimum absolute atomic E-state index is 0.459. The molecule has 0 N–H and O–H groups in total. The molecule has 1 aromatic rings. The van der Waals surface area contributed by atoms with E-state index in [0.717, 1.165) is 11.6 Å². The van der Waals surface area contributed by atoms with Crippen LogP contribution in [-0.4, -0.2) is 19.9 Å². The van der Waals surface area contributed by atoms with Gasteiger partial charge in [0.1, 0.15) is 12.4 Å². The van der Waals surface area contributed by atoms with Crippen molar-refractivity contribution in [2.75, 3.05) is 0 Å². The Morgan fingerprint density at radius 3 is 2.82 bits per heavy atom. The summed E-state index contributed by atoms with van der Waals surface area (Å²) in [4.78, 5) is 3.76. The van der Waals surface area contributed by atoms with Crippen LogP contribution >= 0.6 is 12.2 Å². The number of hydrogen-bond acceptors (Lipinski definition) is 4. The van der Waals surface area contributed by atoms with E-state index in [4.69, 9.17) is 0 Å². The Kier molecular flexibility index (Phi) is 2.46. The third-order valence-corrected chi connectivity index (χ3v) is 1.60. The number of aryl methyl sites for hydroxylation is 1. The number of nitrogens with zero attached hydrogens (tertiary/aromatic N) is 4. The summed E-state index contributed by atoms with van der Waals surface area (Å²) in [6.45, 7) is 2.35. The van der Waals surface area contributed by atoms with Crippen molar-refractivity contribution in [1.29, 1.82) is 0 Å². The van der Waals surface area contributed by atoms with Gasteiger partial charge in [0.2, 0.25) is 0 Å². The van der Waals surface area contributed by atoms with Gasteiger partial charge in [0.05, 0.1) is 5.16 Å². The maximum Gasteiger partial charge on any atom is 0.155 e. The number of rotatable bonds is 2. The normalized spacial score (nSPS) is 9.27. The summed E-state index contributed by atoms with van der Waals surface area (Å²) in [5.74, 6) is 1.68. The quantitative estimate of drug-likeness (QED) is 0.483. The zero-order chi connectivity index (χ0) is 8.27. The molecule has 0 aliphatic heterocycles. The van der Waals surface area contributed by atoms with Crippen LogP contribution in [0.5, 0.6) is 0 Å². The van der Waals surface area contributed by atoms with Crippen LogP contribution < -0.4 is 0 Å². The summed E-state index contributed by atoms with van der Waals surface area (Å²) >= 11 is 4.43. The SMILES string of the molecule is Cc1nnc(CN=C=S)n1C. The molecular weight excluding hydrogens is 160 g/mol. The van der Waals surface area contributed by atoms with Crippen LogP contribution in [0.25, 0.3) is 0 Å². The summed E-state index contributed by atoms with van der Waals surface area (Å²) in [7, 11) is 1.89. The predicted molar refractivity (Wildman–Crippen MR) is 44.5 cm³/mol. The Labute approximate surface area is 70.0 Å². The third kappa shape index (κ3) is 1.69. The average molecular weight is 168 g/mol. The number of thiocarbonyl (C=S) groups is 1. The number of aromatic nitrogens is 3. The Hall–Kier alpha value is -1.06. The Morgan fingerprint density at radius 2 is 2.36 bits per heavy atom. The van der Waals surface area contributed by atoms with E-state index in [9.17, 15) is 0 Å². The second-order valence-corrected chi connectivity index (χ2v) is 2.31. The van der Waals surface area contributed by atoms with Crippen LogP contribution in [0.4, 0.5) is 0 Å². The highest BCUT2D eigenvalue weighted by Gasteiger charge is 2.01. The topological polar surface area (TPSA) is 43.1 Å². The molecule has 0 fully saturated rings. The summed E-state index contributed by atoms with van der Waals surface area (Å²) in [5.41, 5.74) is 0. The fraction of sp³-hybridized carbons (Fsp3) is 0.500. The molecule has 11 heavy (non-hydrogen) atoms. The molecule has 0 aliphatic rings. The van der Waals surface area contributed by atoms with Crippen LogP contribution in [0.15, 0.2) is 4.99 Å². The summed E-state index contributed by atoms with van der Waals surface area (Å²) in [6.07, 6.45) is 0. The third-order valence-electron chi connectivity index (χ3n) is 1.47. The molecule has 0 atom stereocenters. The van der Waals surface area contributed by atoms with Crippen LogP contribution in [-0.2, 0) is 13.6 Å². The smallest absolute Gasteiger partial charge is 0.155 e. The van der Waals surface area contributed by atoms with E-state index in [1.54, 1.807) is 0 Å². The zero-order valence-corrected chi connectivity index (χ0v) is 7.22. The monoisotopic (exact) mass is 168 g/mol. The van der Waals surface area contributed by atoms with Crippen molar-refractivity contribution < 1.29 is 0 Å². The second kappa shape index (κ2) is 3.37. The molecule has 1 aromatic heterocycles. The largest absolute Gasteiger partial charge is 0.317 e. The van der Waals surface area contributed by atoms with Crippen LogP contribution in [0.3, 0.4) is 0 Å². The van der Waals surface area contributed by atoms with Gasteiger partial charge >= 0.3 is 0 Å². The molecule has 0 bridgehead atoms. The number of isothiocyanates is 1. The maximum absolute atomic E-state index is 4.43. The van der Waals surface area contributed by atoms with Gasteiger partial charge in [-0.3, -0.25) is 0 Å². The lowest BCUT2D eigenvalue weighted by Crippen LogP contribution is -1.97. The van der Waals surface area contributed by atoms with Crippen molar-refractivity contribution in [1.82, 2.24) is 14.8 Å². The van der Waals surface area contributed by atoms with Crippen LogP contribution in [0.1, 0.15) is 11.6 Å². The van der Waals surface area contributed by atoms with E-state index in [2.05, 4.69) is 32.6 Å². The van der Waals surface area contributed by atoms with Crippen molar-refractivity contribution in [2.24, 2.45) is 12.0 Å². The summed E-state index contributed by atoms with van der Waals surface area (Å²) in [5, 5.41) is 10.0. The maximum atomic E-state index is 4.43. The fourth-order valence-corrected chi connectivity index (χ4v) is 0.756. The molecular formula is C6H8N4S. The molecule has 0 saturated carbocycles. The van der Waals surface area contributed by atoms with E-state index in [0.29, 0.717) is 6.54 Å². The summed E-state index contributed by atoms with van der Waals surface area (Å²) < 4.78 is 1.87. The molecule has 1 rings (SSSR count). The van der Waals surface area contributed by atoms with E-state index in [-0.39, 0.29) is 0 Å². The van der Waals surface area contributed by atoms with Crippen molar-refractivity contribution in [3.05, 3.63) is 11.6 Å². The first-order chi connectivity index (χ1) is 5.25. The van der Waals surface area contributed by atoms with E-state index in [1.165, 1.54) is 0 Å². The Bertz CT molecular complexity index is 298. The Morgan fingerprint density at radius 1 is 1.64 bits per heavy atom. The summed E-state index contributed by atoms with van der Waals surface area (Å²) in [6, 6.07) is 0. The van der Waals surface area contributed by atoms with Gasteiger partial charge in [0, 0.05) is 7.05 Å². The molecule has 4 nitrogen and oxygen atoms in total. The van der Waals surface area contributed by atoms with Crippen LogP contribution in [0.2, 0.25) is 0 Å². The average Bonchev–Trinajstić information content (AvgIpc) is 2.31. The zero-order valence-electron chi connectivity index (χ0n) is 6.40. The van der Waals surface area contributed by atoms with Gasteiger partial charge in [0.25, 0.3) is 0 Å². The molecule has 5 heteroatoms. The molecule has 0 amide bonds. The molecule has 1 heterocycles. The van der Waals surface area contributed by atoms with E-state index >= 15 is 0 Å². The molecule has 0 unspecified atom stereocenters. The van der Waals surface area contributed by atoms with Gasteiger partial charge in [-0.15, -0.1) is 10.2 Å². The lowest BCUT2D eigenvalue weighted by Gasteiger charge is -1.94. The first kappa shape index (κ1) is 8.04. The highest BCUT2D eigenvalue weighted by molar-refractivity contribution is 7.78. The molecule has 0 spiro atoms. The van der Waals surface area contributed by atoms with Crippen molar-refractivity contribution in [2.45, 2.75) is 13.5 Å². The molecule has 0 aromatic carbocycles. The first-order valence-electron chi connectivity index (χ1n) is 3.14. The standard InChI is InChI=1S/C6H8N4S/c1-5-8-9-6(10(5)2)3-7-4-11/h3H2,1-2H3. The lowest BCUT2D eigenvalue weighted by atomic mass is 10.6. The van der Waals surface area contributed by atoms with Gasteiger partial charge in [-0.25, -0.2) is 4.99 Å². The van der Waals surface area contributed by atoms with Gasteiger partial charge < -0.3 is 4.57 Å². The van der Waals surface area contributed by atoms with Crippen molar-refractivity contribution in [3.8, 4) is 0 Å². The molecule has 0 radical (unpaired) electrons.